The second-order valence-electron chi connectivity index (χ2n) is 5.00. The first-order chi connectivity index (χ1) is 11.1. The third-order valence-corrected chi connectivity index (χ3v) is 5.15. The minimum Gasteiger partial charge on any atom is -0.366 e. The first kappa shape index (κ1) is 19.3. The molecule has 1 aromatic rings. The van der Waals surface area contributed by atoms with Gasteiger partial charge in [0.05, 0.1) is 20.6 Å². The second kappa shape index (κ2) is 10.9. The number of benzene rings is 1. The third-order valence-electron chi connectivity index (χ3n) is 3.29. The van der Waals surface area contributed by atoms with Gasteiger partial charge in [0.15, 0.2) is 0 Å². The lowest BCUT2D eigenvalue weighted by atomic mass is 10.1. The molecular weight excluding hydrogens is 312 g/mol. The zero-order valence-corrected chi connectivity index (χ0v) is 15.3. The molecule has 0 atom stereocenters. The summed E-state index contributed by atoms with van der Waals surface area (Å²) in [5, 5.41) is 2.83. The lowest BCUT2D eigenvalue weighted by Gasteiger charge is -2.16. The van der Waals surface area contributed by atoms with Crippen LogP contribution in [-0.4, -0.2) is 47.0 Å². The van der Waals surface area contributed by atoms with Crippen molar-refractivity contribution in [3.63, 3.8) is 0 Å². The zero-order valence-electron chi connectivity index (χ0n) is 13.8. The number of primary amides is 1. The molecule has 0 aliphatic heterocycles. The van der Waals surface area contributed by atoms with Crippen molar-refractivity contribution in [2.24, 2.45) is 5.73 Å². The van der Waals surface area contributed by atoms with Crippen LogP contribution >= 0.6 is 0 Å². The van der Waals surface area contributed by atoms with Gasteiger partial charge in [-0.2, -0.15) is 0 Å². The molecule has 0 aliphatic rings. The highest BCUT2D eigenvalue weighted by Crippen LogP contribution is 2.08. The molecule has 7 heteroatoms. The molecule has 3 N–H and O–H groups in total. The molecule has 0 heterocycles. The number of nitrogens with one attached hydrogen (secondary N) is 1. The molecule has 0 spiro atoms. The van der Waals surface area contributed by atoms with E-state index in [1.54, 1.807) is 24.3 Å². The van der Waals surface area contributed by atoms with Crippen molar-refractivity contribution < 1.29 is 19.1 Å². The van der Waals surface area contributed by atoms with Crippen LogP contribution in [0.5, 0.6) is 0 Å². The highest BCUT2D eigenvalue weighted by molar-refractivity contribution is 6.36. The molecule has 0 saturated carbocycles. The largest absolute Gasteiger partial charge is 0.366 e. The van der Waals surface area contributed by atoms with E-state index in [1.165, 1.54) is 0 Å². The normalized spacial score (nSPS) is 11.3. The maximum absolute atomic E-state index is 12.1. The molecule has 0 aromatic heterocycles. The van der Waals surface area contributed by atoms with Gasteiger partial charge in [0.25, 0.3) is 5.91 Å². The van der Waals surface area contributed by atoms with E-state index in [0.29, 0.717) is 25.3 Å². The van der Waals surface area contributed by atoms with Crippen LogP contribution in [0.4, 0.5) is 0 Å². The van der Waals surface area contributed by atoms with Gasteiger partial charge < -0.3 is 20.5 Å². The number of nitrogens with two attached hydrogens (primary N) is 1. The van der Waals surface area contributed by atoms with Crippen molar-refractivity contribution in [1.29, 1.82) is 0 Å². The van der Waals surface area contributed by atoms with Crippen molar-refractivity contribution in [2.45, 2.75) is 32.2 Å². The lowest BCUT2D eigenvalue weighted by Crippen LogP contribution is -2.29. The Kier molecular flexibility index (Phi) is 9.19. The molecular formula is C16H26N2O4Si. The van der Waals surface area contributed by atoms with E-state index in [-0.39, 0.29) is 17.4 Å². The van der Waals surface area contributed by atoms with Crippen LogP contribution in [0, 0.1) is 0 Å². The summed E-state index contributed by atoms with van der Waals surface area (Å²) in [6, 6.07) is 7.57. The van der Waals surface area contributed by atoms with Crippen molar-refractivity contribution in [3.8, 4) is 0 Å². The van der Waals surface area contributed by atoms with E-state index in [2.05, 4.69) is 5.32 Å². The van der Waals surface area contributed by atoms with E-state index >= 15 is 0 Å². The van der Waals surface area contributed by atoms with Crippen LogP contribution in [0.2, 0.25) is 6.04 Å². The van der Waals surface area contributed by atoms with Crippen LogP contribution in [-0.2, 0) is 9.47 Å². The molecule has 0 saturated heterocycles. The van der Waals surface area contributed by atoms with Crippen LogP contribution in [0.1, 0.15) is 41.0 Å². The maximum atomic E-state index is 12.1. The summed E-state index contributed by atoms with van der Waals surface area (Å²) < 4.78 is 11.0. The summed E-state index contributed by atoms with van der Waals surface area (Å²) in [5.74, 6) is -0.914. The lowest BCUT2D eigenvalue weighted by molar-refractivity contribution is -0.0827. The Morgan fingerprint density at radius 3 is 2.35 bits per heavy atom. The summed E-state index contributed by atoms with van der Waals surface area (Å²) in [4.78, 5) is 23.4. The monoisotopic (exact) mass is 338 g/mol. The molecule has 0 unspecified atom stereocenters. The quantitative estimate of drug-likeness (QED) is 0.355. The predicted octanol–water partition coefficient (Wildman–Crippen LogP) is 0.849. The smallest absolute Gasteiger partial charge is 0.252 e. The number of ether oxygens (including phenoxy) is 2. The molecule has 23 heavy (non-hydrogen) atoms. The fourth-order valence-electron chi connectivity index (χ4n) is 2.22. The standard InChI is InChI=1S/C16H26N2O4Si/c1-3-21-16(22-4-2)23-11-7-10-18-15(20)13-9-6-5-8-12(13)14(17)19/h5-6,8-9,16H,3-4,7,10-11,23H2,1-2H3,(H2,17,19)(H,18,20). The maximum Gasteiger partial charge on any atom is 0.252 e. The molecule has 128 valence electrons. The average molecular weight is 338 g/mol. The molecule has 0 radical (unpaired) electrons. The van der Waals surface area contributed by atoms with Crippen LogP contribution in [0.3, 0.4) is 0 Å². The van der Waals surface area contributed by atoms with Crippen LogP contribution < -0.4 is 11.1 Å². The van der Waals surface area contributed by atoms with Crippen LogP contribution in [0.15, 0.2) is 24.3 Å². The van der Waals surface area contributed by atoms with E-state index in [0.717, 1.165) is 12.5 Å². The molecule has 0 fully saturated rings. The summed E-state index contributed by atoms with van der Waals surface area (Å²) in [6.45, 7) is 5.77. The summed E-state index contributed by atoms with van der Waals surface area (Å²) in [7, 11) is -0.495. The Morgan fingerprint density at radius 2 is 1.78 bits per heavy atom. The van der Waals surface area contributed by atoms with Crippen molar-refractivity contribution in [2.75, 3.05) is 19.8 Å². The van der Waals surface area contributed by atoms with Gasteiger partial charge in [-0.3, -0.25) is 9.59 Å². The number of carbonyl (C=O) groups excluding carboxylic acids is 2. The van der Waals surface area contributed by atoms with Gasteiger partial charge >= 0.3 is 0 Å². The molecule has 1 aromatic carbocycles. The SMILES string of the molecule is CCOC(OCC)[SiH2]CCCNC(=O)c1ccccc1C(N)=O. The van der Waals surface area contributed by atoms with Gasteiger partial charge in [0, 0.05) is 19.8 Å². The summed E-state index contributed by atoms with van der Waals surface area (Å²) in [6.07, 6.45) is 0.868. The van der Waals surface area contributed by atoms with Gasteiger partial charge in [-0.15, -0.1) is 0 Å². The van der Waals surface area contributed by atoms with Gasteiger partial charge in [0.1, 0.15) is 5.91 Å². The average Bonchev–Trinajstić information content (AvgIpc) is 2.54. The number of amides is 2. The number of hydrogen-bond donors (Lipinski definition) is 2. The van der Waals surface area contributed by atoms with Crippen molar-refractivity contribution >= 4 is 21.3 Å². The fourth-order valence-corrected chi connectivity index (χ4v) is 3.89. The van der Waals surface area contributed by atoms with Gasteiger partial charge in [-0.1, -0.05) is 18.2 Å². The van der Waals surface area contributed by atoms with Gasteiger partial charge in [0.2, 0.25) is 5.91 Å². The number of carbonyl (C=O) groups is 2. The fraction of sp³-hybridized carbons (Fsp3) is 0.500. The zero-order chi connectivity index (χ0) is 17.1. The summed E-state index contributed by atoms with van der Waals surface area (Å²) >= 11 is 0. The number of hydrogen-bond acceptors (Lipinski definition) is 4. The van der Waals surface area contributed by atoms with E-state index < -0.39 is 15.4 Å². The second-order valence-corrected chi connectivity index (χ2v) is 6.95. The van der Waals surface area contributed by atoms with E-state index in [9.17, 15) is 9.59 Å². The number of rotatable bonds is 11. The Bertz CT molecular complexity index is 505. The predicted molar refractivity (Wildman–Crippen MR) is 92.3 cm³/mol. The molecule has 2 amide bonds. The molecule has 1 rings (SSSR count). The summed E-state index contributed by atoms with van der Waals surface area (Å²) in [5.41, 5.74) is 5.84. The first-order valence-corrected chi connectivity index (χ1v) is 9.82. The van der Waals surface area contributed by atoms with Crippen molar-refractivity contribution in [3.05, 3.63) is 35.4 Å². The minimum absolute atomic E-state index is 0.0451. The first-order valence-electron chi connectivity index (χ1n) is 8.00. The van der Waals surface area contributed by atoms with Gasteiger partial charge in [-0.25, -0.2) is 0 Å². The van der Waals surface area contributed by atoms with Gasteiger partial charge in [-0.05, 0) is 32.4 Å². The minimum atomic E-state index is -0.598. The van der Waals surface area contributed by atoms with E-state index in [1.807, 2.05) is 13.8 Å². The Labute approximate surface area is 139 Å². The molecule has 0 aliphatic carbocycles. The van der Waals surface area contributed by atoms with Crippen molar-refractivity contribution in [1.82, 2.24) is 5.32 Å². The highest BCUT2D eigenvalue weighted by atomic mass is 28.2. The topological polar surface area (TPSA) is 90.7 Å². The Balaban J connectivity index is 2.36. The Hall–Kier alpha value is -1.70. The molecule has 0 bridgehead atoms. The third kappa shape index (κ3) is 6.94. The molecule has 6 nitrogen and oxygen atoms in total. The Morgan fingerprint density at radius 1 is 1.17 bits per heavy atom. The van der Waals surface area contributed by atoms with E-state index in [4.69, 9.17) is 15.2 Å². The van der Waals surface area contributed by atoms with Crippen LogP contribution in [0.25, 0.3) is 0 Å². The highest BCUT2D eigenvalue weighted by Gasteiger charge is 2.14.